The Kier molecular flexibility index (Phi) is 5.90. The number of carbonyl (C=O) groups is 1. The summed E-state index contributed by atoms with van der Waals surface area (Å²) in [6.45, 7) is 1.55. The summed E-state index contributed by atoms with van der Waals surface area (Å²) in [6, 6.07) is 11.3. The Morgan fingerprint density at radius 3 is 2.92 bits per heavy atom. The maximum Gasteiger partial charge on any atom is 0.244 e. The first-order valence-corrected chi connectivity index (χ1v) is 8.09. The molecule has 6 nitrogen and oxygen atoms in total. The van der Waals surface area contributed by atoms with Crippen molar-refractivity contribution in [2.45, 2.75) is 13.0 Å². The van der Waals surface area contributed by atoms with E-state index in [1.54, 1.807) is 18.5 Å². The number of hydrogen-bond donors (Lipinski definition) is 1. The summed E-state index contributed by atoms with van der Waals surface area (Å²) in [5.41, 5.74) is 2.29. The molecule has 0 spiro atoms. The lowest BCUT2D eigenvalue weighted by molar-refractivity contribution is -0.116. The van der Waals surface area contributed by atoms with Gasteiger partial charge in [-0.1, -0.05) is 12.1 Å². The maximum atomic E-state index is 11.8. The summed E-state index contributed by atoms with van der Waals surface area (Å²) in [5.74, 6) is 0.629. The van der Waals surface area contributed by atoms with Crippen molar-refractivity contribution in [1.82, 2.24) is 15.3 Å². The summed E-state index contributed by atoms with van der Waals surface area (Å²) in [6.07, 6.45) is 7.11. The molecule has 0 saturated heterocycles. The van der Waals surface area contributed by atoms with E-state index in [0.29, 0.717) is 25.5 Å². The number of amides is 1. The number of para-hydroxylation sites is 2. The molecule has 25 heavy (non-hydrogen) atoms. The number of ether oxygens (including phenoxy) is 1. The number of nitrogens with one attached hydrogen (secondary N) is 1. The number of aromatic nitrogens is 2. The highest BCUT2D eigenvalue weighted by Crippen LogP contribution is 2.09. The first kappa shape index (κ1) is 16.9. The van der Waals surface area contributed by atoms with E-state index in [2.05, 4.69) is 15.3 Å². The van der Waals surface area contributed by atoms with Gasteiger partial charge in [-0.15, -0.1) is 0 Å². The number of nitrogens with zero attached hydrogens (tertiary/aromatic N) is 2. The van der Waals surface area contributed by atoms with Gasteiger partial charge < -0.3 is 14.5 Å². The Morgan fingerprint density at radius 1 is 1.20 bits per heavy atom. The molecule has 0 aliphatic heterocycles. The fourth-order valence-corrected chi connectivity index (χ4v) is 2.23. The molecule has 0 saturated carbocycles. The van der Waals surface area contributed by atoms with Gasteiger partial charge >= 0.3 is 0 Å². The Bertz CT molecular complexity index is 844. The van der Waals surface area contributed by atoms with Crippen LogP contribution in [0.25, 0.3) is 17.1 Å². The number of benzene rings is 1. The number of carbonyl (C=O) groups excluding carboxylic acids is 1. The van der Waals surface area contributed by atoms with E-state index in [1.807, 2.05) is 36.4 Å². The first-order valence-electron chi connectivity index (χ1n) is 8.09. The lowest BCUT2D eigenvalue weighted by Crippen LogP contribution is -2.23. The molecule has 0 radical (unpaired) electrons. The van der Waals surface area contributed by atoms with Gasteiger partial charge in [-0.2, -0.15) is 0 Å². The van der Waals surface area contributed by atoms with Crippen LogP contribution in [0.5, 0.6) is 0 Å². The summed E-state index contributed by atoms with van der Waals surface area (Å²) in [4.78, 5) is 20.5. The van der Waals surface area contributed by atoms with Crippen molar-refractivity contribution in [3.8, 4) is 0 Å². The fraction of sp³-hybridized carbons (Fsp3) is 0.211. The van der Waals surface area contributed by atoms with Gasteiger partial charge in [0.1, 0.15) is 12.4 Å². The normalized spacial score (nSPS) is 11.2. The highest BCUT2D eigenvalue weighted by atomic mass is 16.5. The van der Waals surface area contributed by atoms with Crippen LogP contribution in [0.4, 0.5) is 0 Å². The Balaban J connectivity index is 1.37. The molecule has 1 amide bonds. The predicted octanol–water partition coefficient (Wildman–Crippen LogP) is 2.96. The highest BCUT2D eigenvalue weighted by molar-refractivity contribution is 5.91. The van der Waals surface area contributed by atoms with E-state index in [1.165, 1.54) is 6.08 Å². The molecule has 1 aromatic carbocycles. The van der Waals surface area contributed by atoms with E-state index in [9.17, 15) is 4.79 Å². The van der Waals surface area contributed by atoms with Crippen LogP contribution in [0, 0.1) is 0 Å². The minimum absolute atomic E-state index is 0.166. The predicted molar refractivity (Wildman–Crippen MR) is 94.6 cm³/mol. The summed E-state index contributed by atoms with van der Waals surface area (Å²) >= 11 is 0. The van der Waals surface area contributed by atoms with Gasteiger partial charge in [0.2, 0.25) is 5.91 Å². The largest absolute Gasteiger partial charge is 0.467 e. The molecular weight excluding hydrogens is 318 g/mol. The number of fused-ring (bicyclic) bond motifs is 1. The van der Waals surface area contributed by atoms with Crippen molar-refractivity contribution >= 4 is 23.0 Å². The molecule has 0 aliphatic rings. The van der Waals surface area contributed by atoms with Gasteiger partial charge in [-0.25, -0.2) is 4.98 Å². The SMILES string of the molecule is O=C(C=Cc1cnc2ccccc2n1)NCCCOCc1ccco1. The van der Waals surface area contributed by atoms with Gasteiger partial charge in [-0.3, -0.25) is 9.78 Å². The number of hydrogen-bond acceptors (Lipinski definition) is 5. The Labute approximate surface area is 145 Å². The first-order chi connectivity index (χ1) is 12.3. The third-order valence-electron chi connectivity index (χ3n) is 3.46. The van der Waals surface area contributed by atoms with Crippen LogP contribution in [0.15, 0.2) is 59.4 Å². The van der Waals surface area contributed by atoms with Crippen molar-refractivity contribution in [3.05, 3.63) is 66.4 Å². The molecular formula is C19H19N3O3. The van der Waals surface area contributed by atoms with Crippen LogP contribution in [0.3, 0.4) is 0 Å². The van der Waals surface area contributed by atoms with Gasteiger partial charge in [0.05, 0.1) is 29.2 Å². The smallest absolute Gasteiger partial charge is 0.244 e. The Morgan fingerprint density at radius 2 is 2.08 bits per heavy atom. The number of rotatable bonds is 8. The van der Waals surface area contributed by atoms with Crippen LogP contribution in [-0.2, 0) is 16.1 Å². The molecule has 6 heteroatoms. The van der Waals surface area contributed by atoms with Gasteiger partial charge in [0.25, 0.3) is 0 Å². The molecule has 0 aliphatic carbocycles. The third kappa shape index (κ3) is 5.26. The molecule has 3 rings (SSSR count). The van der Waals surface area contributed by atoms with Gasteiger partial charge in [0, 0.05) is 19.2 Å². The maximum absolute atomic E-state index is 11.8. The fourth-order valence-electron chi connectivity index (χ4n) is 2.23. The minimum atomic E-state index is -0.166. The lowest BCUT2D eigenvalue weighted by atomic mass is 10.3. The van der Waals surface area contributed by atoms with E-state index in [0.717, 1.165) is 23.2 Å². The summed E-state index contributed by atoms with van der Waals surface area (Å²) in [7, 11) is 0. The zero-order valence-electron chi connectivity index (χ0n) is 13.7. The molecule has 0 bridgehead atoms. The highest BCUT2D eigenvalue weighted by Gasteiger charge is 1.99. The van der Waals surface area contributed by atoms with Crippen LogP contribution < -0.4 is 5.32 Å². The second-order valence-electron chi connectivity index (χ2n) is 5.39. The molecule has 2 heterocycles. The lowest BCUT2D eigenvalue weighted by Gasteiger charge is -2.03. The molecule has 2 aromatic heterocycles. The molecule has 0 fully saturated rings. The molecule has 3 aromatic rings. The van der Waals surface area contributed by atoms with Gasteiger partial charge in [-0.05, 0) is 36.8 Å². The van der Waals surface area contributed by atoms with Crippen molar-refractivity contribution in [2.24, 2.45) is 0 Å². The second kappa shape index (κ2) is 8.75. The van der Waals surface area contributed by atoms with E-state index >= 15 is 0 Å². The van der Waals surface area contributed by atoms with E-state index in [-0.39, 0.29) is 5.91 Å². The molecule has 1 N–H and O–H groups in total. The quantitative estimate of drug-likeness (QED) is 0.505. The molecule has 128 valence electrons. The van der Waals surface area contributed by atoms with E-state index < -0.39 is 0 Å². The average molecular weight is 337 g/mol. The van der Waals surface area contributed by atoms with Crippen molar-refractivity contribution < 1.29 is 13.9 Å². The second-order valence-corrected chi connectivity index (χ2v) is 5.39. The van der Waals surface area contributed by atoms with E-state index in [4.69, 9.17) is 9.15 Å². The van der Waals surface area contributed by atoms with Crippen LogP contribution in [-0.4, -0.2) is 29.0 Å². The van der Waals surface area contributed by atoms with Crippen LogP contribution in [0.2, 0.25) is 0 Å². The monoisotopic (exact) mass is 337 g/mol. The zero-order valence-corrected chi connectivity index (χ0v) is 13.7. The van der Waals surface area contributed by atoms with Crippen molar-refractivity contribution in [1.29, 1.82) is 0 Å². The average Bonchev–Trinajstić information content (AvgIpc) is 3.16. The van der Waals surface area contributed by atoms with Crippen molar-refractivity contribution in [3.63, 3.8) is 0 Å². The summed E-state index contributed by atoms with van der Waals surface area (Å²) < 4.78 is 10.6. The minimum Gasteiger partial charge on any atom is -0.467 e. The van der Waals surface area contributed by atoms with Crippen LogP contribution >= 0.6 is 0 Å². The zero-order chi connectivity index (χ0) is 17.3. The van der Waals surface area contributed by atoms with Gasteiger partial charge in [0.15, 0.2) is 0 Å². The Hall–Kier alpha value is -2.99. The van der Waals surface area contributed by atoms with Crippen molar-refractivity contribution in [2.75, 3.05) is 13.2 Å². The molecule has 0 atom stereocenters. The topological polar surface area (TPSA) is 77.2 Å². The van der Waals surface area contributed by atoms with Crippen LogP contribution in [0.1, 0.15) is 17.9 Å². The summed E-state index contributed by atoms with van der Waals surface area (Å²) in [5, 5.41) is 2.81. The molecule has 0 unspecified atom stereocenters. The standard InChI is InChI=1S/C19H19N3O3/c23-19(20-10-4-11-24-14-16-5-3-12-25-16)9-8-15-13-21-17-6-1-2-7-18(17)22-15/h1-3,5-9,12-13H,4,10-11,14H2,(H,20,23). The third-order valence-corrected chi connectivity index (χ3v) is 3.46. The number of furan rings is 1.